The largest absolute Gasteiger partial charge is 0.441 e. The number of piperazine rings is 1. The van der Waals surface area contributed by atoms with Gasteiger partial charge in [0.2, 0.25) is 11.8 Å². The Morgan fingerprint density at radius 3 is 2.64 bits per heavy atom. The van der Waals surface area contributed by atoms with Gasteiger partial charge in [-0.2, -0.15) is 0 Å². The van der Waals surface area contributed by atoms with Gasteiger partial charge in [-0.25, -0.2) is 4.98 Å². The Kier molecular flexibility index (Phi) is 7.35. The van der Waals surface area contributed by atoms with E-state index in [0.29, 0.717) is 23.4 Å². The first-order valence-corrected chi connectivity index (χ1v) is 13.3. The average Bonchev–Trinajstić information content (AvgIpc) is 3.25. The first-order chi connectivity index (χ1) is 17.4. The highest BCUT2D eigenvalue weighted by atomic mass is 35.5. The Hall–Kier alpha value is -2.83. The van der Waals surface area contributed by atoms with Crippen LogP contribution in [-0.4, -0.2) is 60.0 Å². The third kappa shape index (κ3) is 5.45. The number of amides is 1. The van der Waals surface area contributed by atoms with Gasteiger partial charge in [0.05, 0.1) is 11.6 Å². The summed E-state index contributed by atoms with van der Waals surface area (Å²) in [5.74, 6) is 1.76. The lowest BCUT2D eigenvalue weighted by molar-refractivity contribution is -0.137. The minimum Gasteiger partial charge on any atom is -0.441 e. The van der Waals surface area contributed by atoms with Gasteiger partial charge < -0.3 is 14.2 Å². The van der Waals surface area contributed by atoms with Crippen LogP contribution in [0.4, 0.5) is 5.69 Å². The molecule has 1 amide bonds. The molecular formula is C29H35ClN4O2. The van der Waals surface area contributed by atoms with Crippen LogP contribution in [0.1, 0.15) is 35.4 Å². The molecule has 2 aliphatic rings. The second-order valence-corrected chi connectivity index (χ2v) is 10.6. The molecule has 3 aromatic rings. The number of aryl methyl sites for hydroxylation is 3. The van der Waals surface area contributed by atoms with E-state index in [1.54, 1.807) is 0 Å². The molecule has 2 aliphatic heterocycles. The number of hydrogen-bond acceptors (Lipinski definition) is 5. The number of carbonyl (C=O) groups is 1. The Labute approximate surface area is 218 Å². The van der Waals surface area contributed by atoms with E-state index in [4.69, 9.17) is 21.0 Å². The number of likely N-dealkylation sites (tertiary alicyclic amines) is 1. The van der Waals surface area contributed by atoms with Crippen LogP contribution in [0.2, 0.25) is 5.02 Å². The molecule has 7 heteroatoms. The van der Waals surface area contributed by atoms with Crippen molar-refractivity contribution in [2.24, 2.45) is 5.92 Å². The molecule has 0 radical (unpaired) electrons. The summed E-state index contributed by atoms with van der Waals surface area (Å²) >= 11 is 6.14. The fourth-order valence-corrected chi connectivity index (χ4v) is 5.61. The number of nitrogens with zero attached hydrogens (tertiary/aromatic N) is 4. The van der Waals surface area contributed by atoms with Crippen LogP contribution in [-0.2, 0) is 11.3 Å². The third-order valence-corrected chi connectivity index (χ3v) is 7.72. The van der Waals surface area contributed by atoms with Gasteiger partial charge in [0, 0.05) is 55.5 Å². The van der Waals surface area contributed by atoms with Crippen LogP contribution in [0.3, 0.4) is 0 Å². The average molecular weight is 507 g/mol. The molecule has 1 aromatic heterocycles. The minimum absolute atomic E-state index is 0.0469. The standard InChI is InChI=1S/C29H35ClN4O2/c1-20-9-10-21(2)27(16-20)33-12-14-34(15-13-33)29(35)24-7-5-11-32(18-24)19-26-22(3)36-28(31-26)23-6-4-8-25(30)17-23/h4,6,8-10,16-17,24H,5,7,11-15,18-19H2,1-3H3/t24-/m0/s1. The number of halogens is 1. The summed E-state index contributed by atoms with van der Waals surface area (Å²) in [5.41, 5.74) is 5.68. The molecule has 0 unspecified atom stereocenters. The van der Waals surface area contributed by atoms with Gasteiger partial charge in [0.1, 0.15) is 5.76 Å². The van der Waals surface area contributed by atoms with E-state index in [1.165, 1.54) is 16.8 Å². The molecule has 190 valence electrons. The molecular weight excluding hydrogens is 472 g/mol. The van der Waals surface area contributed by atoms with E-state index < -0.39 is 0 Å². The van der Waals surface area contributed by atoms with Crippen LogP contribution < -0.4 is 4.90 Å². The fraction of sp³-hybridized carbons (Fsp3) is 0.448. The lowest BCUT2D eigenvalue weighted by Gasteiger charge is -2.40. The molecule has 6 nitrogen and oxygen atoms in total. The van der Waals surface area contributed by atoms with Crippen molar-refractivity contribution in [2.45, 2.75) is 40.2 Å². The molecule has 36 heavy (non-hydrogen) atoms. The quantitative estimate of drug-likeness (QED) is 0.458. The van der Waals surface area contributed by atoms with Gasteiger partial charge >= 0.3 is 0 Å². The smallest absolute Gasteiger partial charge is 0.227 e. The zero-order valence-electron chi connectivity index (χ0n) is 21.5. The lowest BCUT2D eigenvalue weighted by Crippen LogP contribution is -2.52. The summed E-state index contributed by atoms with van der Waals surface area (Å²) < 4.78 is 5.95. The van der Waals surface area contributed by atoms with Crippen LogP contribution in [0.15, 0.2) is 46.9 Å². The highest BCUT2D eigenvalue weighted by Gasteiger charge is 2.32. The monoisotopic (exact) mass is 506 g/mol. The Bertz CT molecular complexity index is 1230. The summed E-state index contributed by atoms with van der Waals surface area (Å²) in [6, 6.07) is 14.2. The van der Waals surface area contributed by atoms with Crippen molar-refractivity contribution in [3.8, 4) is 11.5 Å². The number of hydrogen-bond donors (Lipinski definition) is 0. The number of rotatable bonds is 5. The van der Waals surface area contributed by atoms with Crippen molar-refractivity contribution >= 4 is 23.2 Å². The van der Waals surface area contributed by atoms with E-state index in [0.717, 1.165) is 69.1 Å². The number of oxazole rings is 1. The lowest BCUT2D eigenvalue weighted by atomic mass is 9.96. The van der Waals surface area contributed by atoms with E-state index in [-0.39, 0.29) is 5.92 Å². The molecule has 3 heterocycles. The second kappa shape index (κ2) is 10.7. The van der Waals surface area contributed by atoms with Crippen LogP contribution in [0.5, 0.6) is 0 Å². The predicted molar refractivity (Wildman–Crippen MR) is 144 cm³/mol. The molecule has 0 bridgehead atoms. The summed E-state index contributed by atoms with van der Waals surface area (Å²) in [7, 11) is 0. The summed E-state index contributed by atoms with van der Waals surface area (Å²) in [4.78, 5) is 25.0. The topological polar surface area (TPSA) is 52.8 Å². The van der Waals surface area contributed by atoms with Crippen molar-refractivity contribution in [1.29, 1.82) is 0 Å². The Morgan fingerprint density at radius 2 is 1.86 bits per heavy atom. The van der Waals surface area contributed by atoms with Crippen LogP contribution in [0, 0.1) is 26.7 Å². The van der Waals surface area contributed by atoms with Crippen molar-refractivity contribution < 1.29 is 9.21 Å². The maximum absolute atomic E-state index is 13.4. The summed E-state index contributed by atoms with van der Waals surface area (Å²) in [6.45, 7) is 12.0. The maximum Gasteiger partial charge on any atom is 0.227 e. The first-order valence-electron chi connectivity index (χ1n) is 12.9. The van der Waals surface area contributed by atoms with Crippen LogP contribution in [0.25, 0.3) is 11.5 Å². The van der Waals surface area contributed by atoms with E-state index >= 15 is 0 Å². The van der Waals surface area contributed by atoms with Crippen molar-refractivity contribution in [1.82, 2.24) is 14.8 Å². The van der Waals surface area contributed by atoms with Crippen molar-refractivity contribution in [2.75, 3.05) is 44.2 Å². The molecule has 2 aromatic carbocycles. The summed E-state index contributed by atoms with van der Waals surface area (Å²) in [6.07, 6.45) is 1.98. The number of piperidine rings is 1. The highest BCUT2D eigenvalue weighted by molar-refractivity contribution is 6.30. The van der Waals surface area contributed by atoms with E-state index in [9.17, 15) is 4.79 Å². The molecule has 0 saturated carbocycles. The number of anilines is 1. The number of carbonyl (C=O) groups excluding carboxylic acids is 1. The van der Waals surface area contributed by atoms with Gasteiger partial charge in [0.15, 0.2) is 0 Å². The molecule has 2 saturated heterocycles. The van der Waals surface area contributed by atoms with Gasteiger partial charge in [-0.3, -0.25) is 9.69 Å². The van der Waals surface area contributed by atoms with Crippen molar-refractivity contribution in [3.05, 3.63) is 70.1 Å². The molecule has 2 fully saturated rings. The maximum atomic E-state index is 13.4. The minimum atomic E-state index is 0.0469. The normalized spacial score (nSPS) is 19.1. The molecule has 0 N–H and O–H groups in total. The van der Waals surface area contributed by atoms with Crippen molar-refractivity contribution in [3.63, 3.8) is 0 Å². The second-order valence-electron chi connectivity index (χ2n) is 10.2. The van der Waals surface area contributed by atoms with Gasteiger partial charge in [-0.1, -0.05) is 29.8 Å². The third-order valence-electron chi connectivity index (χ3n) is 7.49. The van der Waals surface area contributed by atoms with E-state index in [2.05, 4.69) is 46.7 Å². The fourth-order valence-electron chi connectivity index (χ4n) is 5.42. The number of benzene rings is 2. The highest BCUT2D eigenvalue weighted by Crippen LogP contribution is 2.28. The molecule has 5 rings (SSSR count). The predicted octanol–water partition coefficient (Wildman–Crippen LogP) is 5.48. The van der Waals surface area contributed by atoms with Gasteiger partial charge in [0.25, 0.3) is 0 Å². The van der Waals surface area contributed by atoms with Gasteiger partial charge in [-0.05, 0) is 75.5 Å². The Morgan fingerprint density at radius 1 is 1.06 bits per heavy atom. The van der Waals surface area contributed by atoms with E-state index in [1.807, 2.05) is 31.2 Å². The first kappa shape index (κ1) is 24.8. The summed E-state index contributed by atoms with van der Waals surface area (Å²) in [5, 5.41) is 0.664. The molecule has 1 atom stereocenters. The van der Waals surface area contributed by atoms with Crippen LogP contribution >= 0.6 is 11.6 Å². The van der Waals surface area contributed by atoms with Gasteiger partial charge in [-0.15, -0.1) is 0 Å². The zero-order valence-corrected chi connectivity index (χ0v) is 22.2. The SMILES string of the molecule is Cc1ccc(C)c(N2CCN(C(=O)[C@H]3CCCN(Cc4nc(-c5cccc(Cl)c5)oc4C)C3)CC2)c1. The Balaban J connectivity index is 1.18. The molecule has 0 spiro atoms. The molecule has 0 aliphatic carbocycles. The number of aromatic nitrogens is 1. The zero-order chi connectivity index (χ0) is 25.2.